The Morgan fingerprint density at radius 1 is 1.20 bits per heavy atom. The Bertz CT molecular complexity index is 758. The van der Waals surface area contributed by atoms with Gasteiger partial charge in [0.1, 0.15) is 4.90 Å². The van der Waals surface area contributed by atoms with Gasteiger partial charge in [0.2, 0.25) is 5.88 Å². The molecule has 0 saturated carbocycles. The summed E-state index contributed by atoms with van der Waals surface area (Å²) >= 11 is 0. The van der Waals surface area contributed by atoms with Crippen LogP contribution in [0, 0.1) is 0 Å². The van der Waals surface area contributed by atoms with E-state index in [1.165, 1.54) is 36.7 Å². The maximum Gasteiger partial charge on any atom is 0.358 e. The van der Waals surface area contributed by atoms with Crippen molar-refractivity contribution >= 4 is 15.8 Å². The lowest BCUT2D eigenvalue weighted by molar-refractivity contribution is 0.0687. The Balaban J connectivity index is 2.49. The SMILES string of the molecule is CS(=O)(=O)c1cccnc1Oc1cccnc1C(=O)O. The topological polar surface area (TPSA) is 106 Å². The Labute approximate surface area is 114 Å². The van der Waals surface area contributed by atoms with Crippen LogP contribution in [-0.2, 0) is 9.84 Å². The molecule has 0 atom stereocenters. The number of ether oxygens (including phenoxy) is 1. The summed E-state index contributed by atoms with van der Waals surface area (Å²) in [4.78, 5) is 18.4. The van der Waals surface area contributed by atoms with E-state index in [0.717, 1.165) is 6.26 Å². The van der Waals surface area contributed by atoms with Crippen molar-refractivity contribution in [2.45, 2.75) is 4.90 Å². The molecule has 1 N–H and O–H groups in total. The van der Waals surface area contributed by atoms with Gasteiger partial charge < -0.3 is 9.84 Å². The Morgan fingerprint density at radius 2 is 1.85 bits per heavy atom. The molecule has 0 aliphatic rings. The first kappa shape index (κ1) is 13.9. The smallest absolute Gasteiger partial charge is 0.358 e. The number of hydrogen-bond acceptors (Lipinski definition) is 6. The molecule has 20 heavy (non-hydrogen) atoms. The number of carboxylic acid groups (broad SMARTS) is 1. The molecule has 2 aromatic heterocycles. The number of pyridine rings is 2. The highest BCUT2D eigenvalue weighted by molar-refractivity contribution is 7.90. The molecule has 0 spiro atoms. The van der Waals surface area contributed by atoms with E-state index in [0.29, 0.717) is 0 Å². The molecule has 0 aliphatic heterocycles. The summed E-state index contributed by atoms with van der Waals surface area (Å²) < 4.78 is 28.5. The minimum Gasteiger partial charge on any atom is -0.476 e. The van der Waals surface area contributed by atoms with Crippen molar-refractivity contribution in [1.29, 1.82) is 0 Å². The molecule has 104 valence electrons. The molecule has 0 aromatic carbocycles. The zero-order valence-electron chi connectivity index (χ0n) is 10.3. The Kier molecular flexibility index (Phi) is 3.66. The lowest BCUT2D eigenvalue weighted by Crippen LogP contribution is -2.06. The van der Waals surface area contributed by atoms with Gasteiger partial charge in [0.05, 0.1) is 0 Å². The van der Waals surface area contributed by atoms with Crippen LogP contribution >= 0.6 is 0 Å². The van der Waals surface area contributed by atoms with E-state index >= 15 is 0 Å². The number of hydrogen-bond donors (Lipinski definition) is 1. The molecule has 7 nitrogen and oxygen atoms in total. The Hall–Kier alpha value is -2.48. The molecule has 0 unspecified atom stereocenters. The van der Waals surface area contributed by atoms with Crippen LogP contribution in [0.25, 0.3) is 0 Å². The quantitative estimate of drug-likeness (QED) is 0.907. The molecule has 8 heteroatoms. The van der Waals surface area contributed by atoms with Gasteiger partial charge in [-0.05, 0) is 24.3 Å². The number of aromatic carboxylic acids is 1. The fourth-order valence-corrected chi connectivity index (χ4v) is 2.21. The predicted octanol–water partition coefficient (Wildman–Crippen LogP) is 1.37. The third-order valence-electron chi connectivity index (χ3n) is 2.32. The van der Waals surface area contributed by atoms with E-state index < -0.39 is 15.8 Å². The number of nitrogens with zero attached hydrogens (tertiary/aromatic N) is 2. The van der Waals surface area contributed by atoms with Crippen LogP contribution in [0.15, 0.2) is 41.6 Å². The largest absolute Gasteiger partial charge is 0.476 e. The molecule has 2 aromatic rings. The first-order chi connectivity index (χ1) is 9.39. The van der Waals surface area contributed by atoms with E-state index in [1.807, 2.05) is 0 Å². The van der Waals surface area contributed by atoms with Crippen molar-refractivity contribution in [1.82, 2.24) is 9.97 Å². The van der Waals surface area contributed by atoms with Crippen molar-refractivity contribution in [3.63, 3.8) is 0 Å². The van der Waals surface area contributed by atoms with Gasteiger partial charge in [0, 0.05) is 18.6 Å². The van der Waals surface area contributed by atoms with Gasteiger partial charge in [-0.25, -0.2) is 23.2 Å². The summed E-state index contributed by atoms with van der Waals surface area (Å²) in [6.45, 7) is 0. The first-order valence-corrected chi connectivity index (χ1v) is 7.30. The van der Waals surface area contributed by atoms with E-state index in [9.17, 15) is 13.2 Å². The minimum absolute atomic E-state index is 0.0800. The van der Waals surface area contributed by atoms with Gasteiger partial charge in [-0.3, -0.25) is 0 Å². The number of rotatable bonds is 4. The second-order valence-electron chi connectivity index (χ2n) is 3.84. The van der Waals surface area contributed by atoms with E-state index in [4.69, 9.17) is 9.84 Å². The zero-order valence-corrected chi connectivity index (χ0v) is 11.2. The molecule has 2 rings (SSSR count). The van der Waals surface area contributed by atoms with Gasteiger partial charge in [0.25, 0.3) is 0 Å². The number of sulfone groups is 1. The summed E-state index contributed by atoms with van der Waals surface area (Å²) in [5.41, 5.74) is -0.322. The van der Waals surface area contributed by atoms with Crippen molar-refractivity contribution in [3.05, 3.63) is 42.4 Å². The second kappa shape index (κ2) is 5.25. The van der Waals surface area contributed by atoms with E-state index in [1.54, 1.807) is 0 Å². The third-order valence-corrected chi connectivity index (χ3v) is 3.43. The van der Waals surface area contributed by atoms with Crippen molar-refractivity contribution in [2.75, 3.05) is 6.26 Å². The van der Waals surface area contributed by atoms with Crippen molar-refractivity contribution in [3.8, 4) is 11.6 Å². The van der Waals surface area contributed by atoms with Crippen molar-refractivity contribution < 1.29 is 23.1 Å². The van der Waals surface area contributed by atoms with Crippen LogP contribution < -0.4 is 4.74 Å². The van der Waals surface area contributed by atoms with Crippen LogP contribution in [0.1, 0.15) is 10.5 Å². The normalized spacial score (nSPS) is 11.1. The predicted molar refractivity (Wildman–Crippen MR) is 68.6 cm³/mol. The molecule has 0 saturated heterocycles. The van der Waals surface area contributed by atoms with Crippen LogP contribution in [0.2, 0.25) is 0 Å². The zero-order chi connectivity index (χ0) is 14.8. The maximum absolute atomic E-state index is 11.6. The van der Waals surface area contributed by atoms with Gasteiger partial charge in [0.15, 0.2) is 21.3 Å². The summed E-state index contributed by atoms with van der Waals surface area (Å²) in [5.74, 6) is -1.55. The molecule has 0 amide bonds. The molecule has 0 fully saturated rings. The third kappa shape index (κ3) is 2.91. The molecule has 2 heterocycles. The van der Waals surface area contributed by atoms with Crippen LogP contribution in [0.3, 0.4) is 0 Å². The van der Waals surface area contributed by atoms with Gasteiger partial charge >= 0.3 is 5.97 Å². The molecule has 0 radical (unpaired) electrons. The van der Waals surface area contributed by atoms with Gasteiger partial charge in [-0.2, -0.15) is 0 Å². The summed E-state index contributed by atoms with van der Waals surface area (Å²) in [6.07, 6.45) is 3.66. The summed E-state index contributed by atoms with van der Waals surface area (Å²) in [6, 6.07) is 5.63. The number of carbonyl (C=O) groups is 1. The van der Waals surface area contributed by atoms with Gasteiger partial charge in [-0.1, -0.05) is 0 Å². The fourth-order valence-electron chi connectivity index (χ4n) is 1.47. The fraction of sp³-hybridized carbons (Fsp3) is 0.0833. The minimum atomic E-state index is -3.54. The second-order valence-corrected chi connectivity index (χ2v) is 5.82. The first-order valence-electron chi connectivity index (χ1n) is 5.41. The lowest BCUT2D eigenvalue weighted by Gasteiger charge is -2.09. The highest BCUT2D eigenvalue weighted by Crippen LogP contribution is 2.27. The average Bonchev–Trinajstić information content (AvgIpc) is 2.38. The summed E-state index contributed by atoms with van der Waals surface area (Å²) in [7, 11) is -3.54. The highest BCUT2D eigenvalue weighted by Gasteiger charge is 2.19. The Morgan fingerprint density at radius 3 is 2.50 bits per heavy atom. The van der Waals surface area contributed by atoms with Crippen LogP contribution in [-0.4, -0.2) is 35.7 Å². The molecular formula is C12H10N2O5S. The molecule has 0 aliphatic carbocycles. The van der Waals surface area contributed by atoms with Crippen molar-refractivity contribution in [2.24, 2.45) is 0 Å². The standard InChI is InChI=1S/C12H10N2O5S/c1-20(17,18)9-5-3-7-14-11(9)19-8-4-2-6-13-10(8)12(15)16/h2-7H,1H3,(H,15,16). The maximum atomic E-state index is 11.6. The summed E-state index contributed by atoms with van der Waals surface area (Å²) in [5, 5.41) is 8.99. The lowest BCUT2D eigenvalue weighted by atomic mass is 10.3. The highest BCUT2D eigenvalue weighted by atomic mass is 32.2. The van der Waals surface area contributed by atoms with E-state index in [2.05, 4.69) is 9.97 Å². The molecule has 0 bridgehead atoms. The monoisotopic (exact) mass is 294 g/mol. The molecular weight excluding hydrogens is 284 g/mol. The van der Waals surface area contributed by atoms with Gasteiger partial charge in [-0.15, -0.1) is 0 Å². The number of carboxylic acids is 1. The van der Waals surface area contributed by atoms with Crippen LogP contribution in [0.5, 0.6) is 11.6 Å². The number of aromatic nitrogens is 2. The average molecular weight is 294 g/mol. The van der Waals surface area contributed by atoms with E-state index in [-0.39, 0.29) is 22.2 Å². The van der Waals surface area contributed by atoms with Crippen LogP contribution in [0.4, 0.5) is 0 Å².